The summed E-state index contributed by atoms with van der Waals surface area (Å²) in [7, 11) is 0. The maximum atomic E-state index is 13.0. The van der Waals surface area contributed by atoms with Crippen molar-refractivity contribution < 1.29 is 14.6 Å². The molecule has 0 saturated carbocycles. The van der Waals surface area contributed by atoms with Crippen LogP contribution in [0.2, 0.25) is 0 Å². The van der Waals surface area contributed by atoms with Crippen LogP contribution in [0.4, 0.5) is 0 Å². The first-order valence-electron chi connectivity index (χ1n) is 11.8. The Morgan fingerprint density at radius 1 is 1.03 bits per heavy atom. The number of carbonyl (C=O) groups excluding carboxylic acids is 1. The number of nitrogens with one attached hydrogen (secondary N) is 1. The molecule has 0 spiro atoms. The second kappa shape index (κ2) is 9.41. The van der Waals surface area contributed by atoms with Crippen molar-refractivity contribution in [3.05, 3.63) is 101 Å². The molecule has 34 heavy (non-hydrogen) atoms. The summed E-state index contributed by atoms with van der Waals surface area (Å²) in [4.78, 5) is 17.9. The molecule has 1 aliphatic heterocycles. The quantitative estimate of drug-likeness (QED) is 0.456. The zero-order valence-corrected chi connectivity index (χ0v) is 19.3. The van der Waals surface area contributed by atoms with E-state index in [1.54, 1.807) is 6.07 Å². The number of hydrogen-bond donors (Lipinski definition) is 2. The Morgan fingerprint density at radius 3 is 2.24 bits per heavy atom. The third kappa shape index (κ3) is 4.00. The van der Waals surface area contributed by atoms with Crippen LogP contribution in [0, 0.1) is 0 Å². The van der Waals surface area contributed by atoms with Crippen molar-refractivity contribution in [2.45, 2.75) is 38.0 Å². The highest BCUT2D eigenvalue weighted by molar-refractivity contribution is 5.97. The Bertz CT molecular complexity index is 1240. The van der Waals surface area contributed by atoms with E-state index in [4.69, 9.17) is 9.72 Å². The maximum absolute atomic E-state index is 13.0. The molecule has 2 heterocycles. The van der Waals surface area contributed by atoms with E-state index in [1.165, 1.54) is 0 Å². The Morgan fingerprint density at radius 2 is 1.65 bits per heavy atom. The van der Waals surface area contributed by atoms with Crippen molar-refractivity contribution in [2.24, 2.45) is 0 Å². The van der Waals surface area contributed by atoms with Gasteiger partial charge in [-0.1, -0.05) is 60.7 Å². The van der Waals surface area contributed by atoms with Crippen molar-refractivity contribution >= 4 is 16.9 Å². The summed E-state index contributed by atoms with van der Waals surface area (Å²) >= 11 is 0. The van der Waals surface area contributed by atoms with Gasteiger partial charge in [0.05, 0.1) is 11.0 Å². The lowest BCUT2D eigenvalue weighted by Gasteiger charge is -2.29. The van der Waals surface area contributed by atoms with Crippen molar-refractivity contribution in [2.75, 3.05) is 13.2 Å². The fraction of sp³-hybridized carbons (Fsp3) is 0.286. The van der Waals surface area contributed by atoms with E-state index < -0.39 is 5.60 Å². The van der Waals surface area contributed by atoms with Gasteiger partial charge in [0.25, 0.3) is 5.91 Å². The lowest BCUT2D eigenvalue weighted by Crippen LogP contribution is -2.38. The van der Waals surface area contributed by atoms with Gasteiger partial charge in [0.1, 0.15) is 0 Å². The van der Waals surface area contributed by atoms with Crippen LogP contribution in [0.1, 0.15) is 47.1 Å². The number of aromatic nitrogens is 2. The number of rotatable bonds is 6. The van der Waals surface area contributed by atoms with Crippen molar-refractivity contribution in [1.82, 2.24) is 14.9 Å². The summed E-state index contributed by atoms with van der Waals surface area (Å²) in [6.07, 6.45) is 1.65. The van der Waals surface area contributed by atoms with Crippen LogP contribution in [-0.2, 0) is 16.9 Å². The summed E-state index contributed by atoms with van der Waals surface area (Å²) < 4.78 is 7.40. The minimum Gasteiger partial charge on any atom is -0.381 e. The van der Waals surface area contributed by atoms with Gasteiger partial charge in [-0.05, 0) is 49.1 Å². The molecular weight excluding hydrogens is 426 g/mol. The minimum absolute atomic E-state index is 0.0967. The molecule has 1 amide bonds. The van der Waals surface area contributed by atoms with Gasteiger partial charge in [0.15, 0.2) is 11.4 Å². The third-order valence-electron chi connectivity index (χ3n) is 6.59. The molecule has 0 atom stereocenters. The second-order valence-corrected chi connectivity index (χ2v) is 8.69. The van der Waals surface area contributed by atoms with Crippen molar-refractivity contribution in [3.8, 4) is 0 Å². The predicted octanol–water partition coefficient (Wildman–Crippen LogP) is 4.25. The lowest BCUT2D eigenvalue weighted by atomic mass is 9.85. The van der Waals surface area contributed by atoms with Crippen LogP contribution in [0.15, 0.2) is 78.9 Å². The van der Waals surface area contributed by atoms with Crippen LogP contribution in [-0.4, -0.2) is 39.8 Å². The van der Waals surface area contributed by atoms with Gasteiger partial charge in [-0.25, -0.2) is 4.98 Å². The second-order valence-electron chi connectivity index (χ2n) is 8.69. The average Bonchev–Trinajstić information content (AvgIpc) is 3.28. The van der Waals surface area contributed by atoms with Crippen molar-refractivity contribution in [3.63, 3.8) is 0 Å². The first kappa shape index (κ1) is 22.3. The van der Waals surface area contributed by atoms with Gasteiger partial charge in [0, 0.05) is 31.4 Å². The van der Waals surface area contributed by atoms with Crippen molar-refractivity contribution in [1.29, 1.82) is 0 Å². The highest BCUT2D eigenvalue weighted by Crippen LogP contribution is 2.37. The number of carbonyl (C=O) groups is 1. The van der Waals surface area contributed by atoms with E-state index >= 15 is 0 Å². The summed E-state index contributed by atoms with van der Waals surface area (Å²) in [6, 6.07) is 24.9. The smallest absolute Gasteiger partial charge is 0.251 e. The lowest BCUT2D eigenvalue weighted by molar-refractivity contribution is 0.0696. The first-order valence-corrected chi connectivity index (χ1v) is 11.8. The highest BCUT2D eigenvalue weighted by Gasteiger charge is 2.38. The molecule has 6 heteroatoms. The molecule has 6 nitrogen and oxygen atoms in total. The molecule has 4 aromatic rings. The Labute approximate surface area is 199 Å². The molecular formula is C28H29N3O3. The van der Waals surface area contributed by atoms with Crippen LogP contribution in [0.5, 0.6) is 0 Å². The van der Waals surface area contributed by atoms with Crippen LogP contribution >= 0.6 is 0 Å². The number of hydrogen-bond acceptors (Lipinski definition) is 4. The number of aryl methyl sites for hydroxylation is 1. The number of aliphatic hydroxyl groups is 1. The number of nitrogens with zero attached hydrogens (tertiary/aromatic N) is 2. The van der Waals surface area contributed by atoms with Crippen LogP contribution in [0.3, 0.4) is 0 Å². The van der Waals surface area contributed by atoms with E-state index in [9.17, 15) is 9.90 Å². The molecule has 0 aliphatic carbocycles. The molecule has 0 unspecified atom stereocenters. The molecule has 1 aliphatic rings. The molecule has 1 fully saturated rings. The SMILES string of the molecule is CCn1c(C(O)(c2ccccc2)c2ccccc2)nc2ccc(C(=O)NC3CCOCC3)cc21. The third-order valence-corrected chi connectivity index (χ3v) is 6.59. The number of amides is 1. The zero-order valence-electron chi connectivity index (χ0n) is 19.3. The van der Waals surface area contributed by atoms with Gasteiger partial charge in [-0.3, -0.25) is 4.79 Å². The normalized spacial score (nSPS) is 14.9. The van der Waals surface area contributed by atoms with E-state index in [0.717, 1.165) is 35.0 Å². The summed E-state index contributed by atoms with van der Waals surface area (Å²) in [6.45, 7) is 3.97. The molecule has 0 bridgehead atoms. The molecule has 174 valence electrons. The fourth-order valence-electron chi connectivity index (χ4n) is 4.75. The molecule has 1 saturated heterocycles. The predicted molar refractivity (Wildman–Crippen MR) is 132 cm³/mol. The van der Waals surface area contributed by atoms with Crippen LogP contribution < -0.4 is 5.32 Å². The highest BCUT2D eigenvalue weighted by atomic mass is 16.5. The zero-order chi connectivity index (χ0) is 23.5. The summed E-state index contributed by atoms with van der Waals surface area (Å²) in [5.41, 5.74) is 2.19. The Kier molecular flexibility index (Phi) is 6.18. The number of fused-ring (bicyclic) bond motifs is 1. The van der Waals surface area contributed by atoms with E-state index in [-0.39, 0.29) is 11.9 Å². The number of benzene rings is 3. The topological polar surface area (TPSA) is 76.4 Å². The summed E-state index contributed by atoms with van der Waals surface area (Å²) in [5, 5.41) is 15.4. The fourth-order valence-corrected chi connectivity index (χ4v) is 4.75. The van der Waals surface area contributed by atoms with Gasteiger partial charge < -0.3 is 19.7 Å². The summed E-state index contributed by atoms with van der Waals surface area (Å²) in [5.74, 6) is 0.435. The molecule has 2 N–H and O–H groups in total. The first-order chi connectivity index (χ1) is 16.6. The molecule has 5 rings (SSSR count). The number of ether oxygens (including phenoxy) is 1. The molecule has 1 aromatic heterocycles. The van der Waals surface area contributed by atoms with E-state index in [1.807, 2.05) is 84.3 Å². The van der Waals surface area contributed by atoms with Gasteiger partial charge in [0.2, 0.25) is 0 Å². The minimum atomic E-state index is -1.44. The van der Waals surface area contributed by atoms with Gasteiger partial charge in [-0.2, -0.15) is 0 Å². The maximum Gasteiger partial charge on any atom is 0.251 e. The number of imidazole rings is 1. The molecule has 0 radical (unpaired) electrons. The monoisotopic (exact) mass is 455 g/mol. The van der Waals surface area contributed by atoms with Gasteiger partial charge in [-0.15, -0.1) is 0 Å². The standard InChI is InChI=1S/C28H29N3O3/c1-2-31-25-19-20(26(32)29-23-15-17-34-18-16-23)13-14-24(25)30-27(31)28(33,21-9-5-3-6-10-21)22-11-7-4-8-12-22/h3-14,19,23,33H,2,15-18H2,1H3,(H,29,32). The molecule has 3 aromatic carbocycles. The average molecular weight is 456 g/mol. The Balaban J connectivity index is 1.60. The van der Waals surface area contributed by atoms with E-state index in [0.29, 0.717) is 31.1 Å². The van der Waals surface area contributed by atoms with Crippen LogP contribution in [0.25, 0.3) is 11.0 Å². The largest absolute Gasteiger partial charge is 0.381 e. The van der Waals surface area contributed by atoms with E-state index in [2.05, 4.69) is 5.32 Å². The van der Waals surface area contributed by atoms with Gasteiger partial charge >= 0.3 is 0 Å². The Hall–Kier alpha value is -3.48.